The van der Waals surface area contributed by atoms with E-state index in [1.54, 1.807) is 25.3 Å². The molecule has 4 heteroatoms. The van der Waals surface area contributed by atoms with E-state index in [1.165, 1.54) is 11.1 Å². The first-order valence-corrected chi connectivity index (χ1v) is 6.86. The number of fused-ring (bicyclic) bond motifs is 1. The first-order valence-electron chi connectivity index (χ1n) is 6.86. The number of carboxylic acids is 1. The Hall–Kier alpha value is -2.33. The molecule has 3 rings (SSSR count). The standard InChI is InChI=1S/C17H17NO3/c1-21-16-7-6-12(17(19)20)8-15(16)11-18-9-13-4-2-3-5-14(13)10-18/h2-8H,9-11H2,1H3,(H,19,20). The van der Waals surface area contributed by atoms with Crippen LogP contribution in [0, 0.1) is 0 Å². The van der Waals surface area contributed by atoms with Crippen LogP contribution in [0.1, 0.15) is 27.0 Å². The molecule has 0 fully saturated rings. The van der Waals surface area contributed by atoms with Gasteiger partial charge >= 0.3 is 5.97 Å². The van der Waals surface area contributed by atoms with Gasteiger partial charge in [-0.25, -0.2) is 4.79 Å². The van der Waals surface area contributed by atoms with Gasteiger partial charge in [0.25, 0.3) is 0 Å². The van der Waals surface area contributed by atoms with Crippen LogP contribution in [0.3, 0.4) is 0 Å². The summed E-state index contributed by atoms with van der Waals surface area (Å²) in [7, 11) is 1.61. The van der Waals surface area contributed by atoms with Gasteiger partial charge in [0, 0.05) is 25.2 Å². The van der Waals surface area contributed by atoms with E-state index in [4.69, 9.17) is 9.84 Å². The monoisotopic (exact) mass is 283 g/mol. The molecule has 0 spiro atoms. The van der Waals surface area contributed by atoms with Gasteiger partial charge in [-0.1, -0.05) is 24.3 Å². The Labute approximate surface area is 123 Å². The lowest BCUT2D eigenvalue weighted by molar-refractivity contribution is 0.0696. The summed E-state index contributed by atoms with van der Waals surface area (Å²) in [6, 6.07) is 13.4. The maximum atomic E-state index is 11.1. The molecule has 0 saturated heterocycles. The minimum absolute atomic E-state index is 0.294. The molecule has 21 heavy (non-hydrogen) atoms. The van der Waals surface area contributed by atoms with E-state index in [-0.39, 0.29) is 0 Å². The van der Waals surface area contributed by atoms with Gasteiger partial charge in [0.05, 0.1) is 12.7 Å². The average Bonchev–Trinajstić information content (AvgIpc) is 2.89. The average molecular weight is 283 g/mol. The molecular weight excluding hydrogens is 266 g/mol. The van der Waals surface area contributed by atoms with Gasteiger partial charge in [0.2, 0.25) is 0 Å². The second-order valence-electron chi connectivity index (χ2n) is 5.25. The molecule has 1 aliphatic heterocycles. The van der Waals surface area contributed by atoms with Crippen molar-refractivity contribution in [1.29, 1.82) is 0 Å². The Morgan fingerprint density at radius 1 is 1.19 bits per heavy atom. The predicted octanol–water partition coefficient (Wildman–Crippen LogP) is 2.91. The van der Waals surface area contributed by atoms with E-state index in [0.29, 0.717) is 12.1 Å². The molecule has 0 aromatic heterocycles. The highest BCUT2D eigenvalue weighted by atomic mass is 16.5. The maximum absolute atomic E-state index is 11.1. The molecular formula is C17H17NO3. The molecule has 0 unspecified atom stereocenters. The summed E-state index contributed by atoms with van der Waals surface area (Å²) in [4.78, 5) is 13.4. The summed E-state index contributed by atoms with van der Waals surface area (Å²) in [5.41, 5.74) is 3.88. The Kier molecular flexibility index (Phi) is 3.62. The van der Waals surface area contributed by atoms with Gasteiger partial charge in [-0.15, -0.1) is 0 Å². The lowest BCUT2D eigenvalue weighted by Gasteiger charge is -2.17. The third-order valence-electron chi connectivity index (χ3n) is 3.83. The van der Waals surface area contributed by atoms with Crippen molar-refractivity contribution in [2.45, 2.75) is 19.6 Å². The summed E-state index contributed by atoms with van der Waals surface area (Å²) in [5.74, 6) is -0.181. The van der Waals surface area contributed by atoms with E-state index >= 15 is 0 Å². The quantitative estimate of drug-likeness (QED) is 0.937. The highest BCUT2D eigenvalue weighted by Crippen LogP contribution is 2.27. The molecule has 0 saturated carbocycles. The van der Waals surface area contributed by atoms with E-state index in [2.05, 4.69) is 17.0 Å². The van der Waals surface area contributed by atoms with Gasteiger partial charge in [-0.3, -0.25) is 4.90 Å². The molecule has 4 nitrogen and oxygen atoms in total. The Balaban J connectivity index is 1.82. The lowest BCUT2D eigenvalue weighted by Crippen LogP contribution is -2.16. The van der Waals surface area contributed by atoms with Gasteiger partial charge in [0.15, 0.2) is 0 Å². The lowest BCUT2D eigenvalue weighted by atomic mass is 10.1. The number of hydrogen-bond acceptors (Lipinski definition) is 3. The SMILES string of the molecule is COc1ccc(C(=O)O)cc1CN1Cc2ccccc2C1. The molecule has 1 N–H and O–H groups in total. The topological polar surface area (TPSA) is 49.8 Å². The van der Waals surface area contributed by atoms with Gasteiger partial charge in [0.1, 0.15) is 5.75 Å². The van der Waals surface area contributed by atoms with E-state index < -0.39 is 5.97 Å². The Bertz CT molecular complexity index is 656. The first-order chi connectivity index (χ1) is 10.2. The minimum atomic E-state index is -0.913. The van der Waals surface area contributed by atoms with Crippen LogP contribution in [0.2, 0.25) is 0 Å². The zero-order valence-corrected chi connectivity index (χ0v) is 11.9. The van der Waals surface area contributed by atoms with Crippen LogP contribution >= 0.6 is 0 Å². The van der Waals surface area contributed by atoms with Crippen LogP contribution in [-0.2, 0) is 19.6 Å². The van der Waals surface area contributed by atoms with Crippen molar-refractivity contribution >= 4 is 5.97 Å². The van der Waals surface area contributed by atoms with E-state index in [1.807, 2.05) is 12.1 Å². The molecule has 0 bridgehead atoms. The third kappa shape index (κ3) is 2.76. The second-order valence-corrected chi connectivity index (χ2v) is 5.25. The van der Waals surface area contributed by atoms with Crippen LogP contribution in [0.15, 0.2) is 42.5 Å². The normalized spacial score (nSPS) is 14.0. The Morgan fingerprint density at radius 3 is 2.43 bits per heavy atom. The van der Waals surface area contributed by atoms with Crippen LogP contribution in [0.25, 0.3) is 0 Å². The van der Waals surface area contributed by atoms with Crippen LogP contribution < -0.4 is 4.74 Å². The number of benzene rings is 2. The molecule has 1 heterocycles. The number of rotatable bonds is 4. The molecule has 108 valence electrons. The maximum Gasteiger partial charge on any atom is 0.335 e. The molecule has 0 atom stereocenters. The number of hydrogen-bond donors (Lipinski definition) is 1. The minimum Gasteiger partial charge on any atom is -0.496 e. The van der Waals surface area contributed by atoms with Crippen molar-refractivity contribution in [3.8, 4) is 5.75 Å². The van der Waals surface area contributed by atoms with Crippen molar-refractivity contribution in [2.24, 2.45) is 0 Å². The van der Waals surface area contributed by atoms with Crippen LogP contribution in [0.5, 0.6) is 5.75 Å². The largest absolute Gasteiger partial charge is 0.496 e. The number of ether oxygens (including phenoxy) is 1. The van der Waals surface area contributed by atoms with Crippen molar-refractivity contribution in [3.63, 3.8) is 0 Å². The van der Waals surface area contributed by atoms with E-state index in [9.17, 15) is 4.79 Å². The zero-order valence-electron chi connectivity index (χ0n) is 11.9. The smallest absolute Gasteiger partial charge is 0.335 e. The molecule has 0 amide bonds. The van der Waals surface area contributed by atoms with Crippen molar-refractivity contribution in [1.82, 2.24) is 4.90 Å². The predicted molar refractivity (Wildman–Crippen MR) is 79.3 cm³/mol. The van der Waals surface area contributed by atoms with Gasteiger partial charge in [-0.2, -0.15) is 0 Å². The number of aromatic carboxylic acids is 1. The molecule has 1 aliphatic rings. The van der Waals surface area contributed by atoms with E-state index in [0.717, 1.165) is 24.4 Å². The fourth-order valence-corrected chi connectivity index (χ4v) is 2.79. The van der Waals surface area contributed by atoms with Crippen molar-refractivity contribution in [3.05, 3.63) is 64.7 Å². The molecule has 2 aromatic carbocycles. The van der Waals surface area contributed by atoms with Crippen LogP contribution in [-0.4, -0.2) is 23.1 Å². The highest BCUT2D eigenvalue weighted by molar-refractivity contribution is 5.88. The van der Waals surface area contributed by atoms with Gasteiger partial charge < -0.3 is 9.84 Å². The Morgan fingerprint density at radius 2 is 1.86 bits per heavy atom. The van der Waals surface area contributed by atoms with Crippen molar-refractivity contribution < 1.29 is 14.6 Å². The molecule has 0 radical (unpaired) electrons. The molecule has 0 aliphatic carbocycles. The number of carbonyl (C=O) groups is 1. The van der Waals surface area contributed by atoms with Crippen LogP contribution in [0.4, 0.5) is 0 Å². The summed E-state index contributed by atoms with van der Waals surface area (Å²) in [6.07, 6.45) is 0. The zero-order chi connectivity index (χ0) is 14.8. The molecule has 2 aromatic rings. The third-order valence-corrected chi connectivity index (χ3v) is 3.83. The summed E-state index contributed by atoms with van der Waals surface area (Å²) in [5, 5.41) is 9.12. The summed E-state index contributed by atoms with van der Waals surface area (Å²) < 4.78 is 5.35. The van der Waals surface area contributed by atoms with Gasteiger partial charge in [-0.05, 0) is 29.3 Å². The highest BCUT2D eigenvalue weighted by Gasteiger charge is 2.20. The fourth-order valence-electron chi connectivity index (χ4n) is 2.79. The number of nitrogens with zero attached hydrogens (tertiary/aromatic N) is 1. The first kappa shape index (κ1) is 13.6. The number of carboxylic acid groups (broad SMARTS) is 1. The second kappa shape index (κ2) is 5.58. The summed E-state index contributed by atoms with van der Waals surface area (Å²) in [6.45, 7) is 2.45. The number of methoxy groups -OCH3 is 1. The van der Waals surface area contributed by atoms with Crippen molar-refractivity contribution in [2.75, 3.05) is 7.11 Å². The summed E-state index contributed by atoms with van der Waals surface area (Å²) >= 11 is 0. The fraction of sp³-hybridized carbons (Fsp3) is 0.235.